The topological polar surface area (TPSA) is 41.9 Å². The van der Waals surface area contributed by atoms with E-state index < -0.39 is 11.0 Å². The zero-order chi connectivity index (χ0) is 16.0. The molecule has 0 bridgehead atoms. The minimum atomic E-state index is -6.00. The number of rotatable bonds is 3. The SMILES string of the molecule is C[n+]1ccn(CCOC(=N)C(Cl)(Cl)Cl)c1.F[B-](F)(F)F. The quantitative estimate of drug-likeness (QED) is 0.221. The Morgan fingerprint density at radius 3 is 2.20 bits per heavy atom. The van der Waals surface area contributed by atoms with E-state index in [0.717, 1.165) is 0 Å². The Morgan fingerprint density at radius 2 is 1.85 bits per heavy atom. The Morgan fingerprint density at radius 1 is 1.35 bits per heavy atom. The van der Waals surface area contributed by atoms with Gasteiger partial charge in [-0.25, -0.2) is 9.13 Å². The van der Waals surface area contributed by atoms with Crippen LogP contribution >= 0.6 is 34.8 Å². The second kappa shape index (κ2) is 7.94. The van der Waals surface area contributed by atoms with Gasteiger partial charge in [0.2, 0.25) is 12.2 Å². The van der Waals surface area contributed by atoms with Crippen LogP contribution in [0.5, 0.6) is 0 Å². The van der Waals surface area contributed by atoms with Gasteiger partial charge in [0.1, 0.15) is 25.5 Å². The number of alkyl halides is 3. The van der Waals surface area contributed by atoms with Crippen molar-refractivity contribution in [2.24, 2.45) is 7.05 Å². The minimum absolute atomic E-state index is 0.293. The molecule has 20 heavy (non-hydrogen) atoms. The molecule has 0 atom stereocenters. The highest BCUT2D eigenvalue weighted by atomic mass is 35.6. The summed E-state index contributed by atoms with van der Waals surface area (Å²) in [6.07, 6.45) is 5.69. The second-order valence-electron chi connectivity index (χ2n) is 3.49. The number of hydrogen-bond donors (Lipinski definition) is 1. The van der Waals surface area contributed by atoms with Gasteiger partial charge in [0.15, 0.2) is 0 Å². The van der Waals surface area contributed by atoms with Gasteiger partial charge in [0.25, 0.3) is 3.79 Å². The van der Waals surface area contributed by atoms with E-state index in [4.69, 9.17) is 44.9 Å². The first-order valence-corrected chi connectivity index (χ1v) is 6.20. The second-order valence-corrected chi connectivity index (χ2v) is 5.77. The van der Waals surface area contributed by atoms with Crippen LogP contribution in [0.1, 0.15) is 0 Å². The van der Waals surface area contributed by atoms with Crippen LogP contribution < -0.4 is 4.57 Å². The summed E-state index contributed by atoms with van der Waals surface area (Å²) in [4.78, 5) is 0. The van der Waals surface area contributed by atoms with Crippen molar-refractivity contribution in [1.82, 2.24) is 4.57 Å². The molecule has 1 N–H and O–H groups in total. The molecule has 0 unspecified atom stereocenters. The average molecular weight is 358 g/mol. The van der Waals surface area contributed by atoms with Gasteiger partial charge >= 0.3 is 7.25 Å². The maximum Gasteiger partial charge on any atom is 0.673 e. The van der Waals surface area contributed by atoms with Crippen LogP contribution in [0.4, 0.5) is 17.3 Å². The molecule has 1 aromatic rings. The number of halogens is 7. The van der Waals surface area contributed by atoms with Crippen LogP contribution in [0.15, 0.2) is 18.7 Å². The Hall–Kier alpha value is -0.665. The lowest BCUT2D eigenvalue weighted by atomic mass is 10.3. The molecule has 0 fully saturated rings. The number of ether oxygens (including phenoxy) is 1. The van der Waals surface area contributed by atoms with Gasteiger partial charge in [-0.1, -0.05) is 34.8 Å². The zero-order valence-electron chi connectivity index (χ0n) is 10.2. The molecular formula is C8H11BCl3F4N3O. The Bertz CT molecular complexity index is 429. The number of nitrogens with zero attached hydrogens (tertiary/aromatic N) is 2. The lowest BCUT2D eigenvalue weighted by molar-refractivity contribution is -0.671. The fourth-order valence-electron chi connectivity index (χ4n) is 0.969. The van der Waals surface area contributed by atoms with E-state index in [-0.39, 0.29) is 5.90 Å². The summed E-state index contributed by atoms with van der Waals surface area (Å²) >= 11 is 16.3. The van der Waals surface area contributed by atoms with E-state index in [1.807, 2.05) is 34.9 Å². The summed E-state index contributed by atoms with van der Waals surface area (Å²) in [6.45, 7) is 0.894. The molecule has 0 radical (unpaired) electrons. The van der Waals surface area contributed by atoms with E-state index in [1.54, 1.807) is 0 Å². The van der Waals surface area contributed by atoms with Crippen LogP contribution in [0, 0.1) is 5.41 Å². The summed E-state index contributed by atoms with van der Waals surface area (Å²) in [5.41, 5.74) is 0. The lowest BCUT2D eigenvalue weighted by Crippen LogP contribution is -2.25. The van der Waals surface area contributed by atoms with E-state index in [2.05, 4.69) is 0 Å². The third-order valence-corrected chi connectivity index (χ3v) is 2.19. The standard InChI is InChI=1S/C8H11Cl3N3O.BF4/c1-13-2-3-14(6-13)4-5-15-7(12)8(9,10)11;2-1(3,4)5/h2-3,6,12H,4-5H2,1H3;/q+1;-1. The summed E-state index contributed by atoms with van der Waals surface area (Å²) in [5, 5.41) is 7.28. The normalized spacial score (nSPS) is 11.6. The van der Waals surface area contributed by atoms with E-state index in [1.165, 1.54) is 0 Å². The van der Waals surface area contributed by atoms with Crippen molar-refractivity contribution in [3.63, 3.8) is 0 Å². The van der Waals surface area contributed by atoms with Crippen molar-refractivity contribution in [2.45, 2.75) is 10.3 Å². The molecule has 4 nitrogen and oxygen atoms in total. The monoisotopic (exact) mass is 357 g/mol. The zero-order valence-corrected chi connectivity index (χ0v) is 12.4. The van der Waals surface area contributed by atoms with Crippen molar-refractivity contribution in [3.8, 4) is 0 Å². The first-order valence-electron chi connectivity index (χ1n) is 5.06. The van der Waals surface area contributed by atoms with E-state index in [0.29, 0.717) is 13.2 Å². The summed E-state index contributed by atoms with van der Waals surface area (Å²) in [6, 6.07) is 0. The molecule has 116 valence electrons. The maximum absolute atomic E-state index is 9.75. The number of aromatic nitrogens is 2. The van der Waals surface area contributed by atoms with Crippen molar-refractivity contribution >= 4 is 48.0 Å². The molecular weight excluding hydrogens is 347 g/mol. The van der Waals surface area contributed by atoms with Gasteiger partial charge in [-0.05, 0) is 0 Å². The van der Waals surface area contributed by atoms with Gasteiger partial charge in [-0.15, -0.1) is 0 Å². The fourth-order valence-corrected chi connectivity index (χ4v) is 1.13. The molecule has 0 aromatic carbocycles. The molecule has 1 heterocycles. The van der Waals surface area contributed by atoms with Gasteiger partial charge in [-0.3, -0.25) is 5.41 Å². The molecule has 0 aliphatic carbocycles. The van der Waals surface area contributed by atoms with Crippen LogP contribution in [-0.4, -0.2) is 28.1 Å². The van der Waals surface area contributed by atoms with E-state index >= 15 is 0 Å². The summed E-state index contributed by atoms with van der Waals surface area (Å²) < 4.78 is 46.0. The molecule has 0 aliphatic heterocycles. The molecule has 12 heteroatoms. The van der Waals surface area contributed by atoms with Crippen LogP contribution in [0.25, 0.3) is 0 Å². The van der Waals surface area contributed by atoms with Crippen molar-refractivity contribution in [3.05, 3.63) is 18.7 Å². The van der Waals surface area contributed by atoms with Crippen molar-refractivity contribution in [2.75, 3.05) is 6.61 Å². The third kappa shape index (κ3) is 11.2. The van der Waals surface area contributed by atoms with Crippen LogP contribution in [0.3, 0.4) is 0 Å². The van der Waals surface area contributed by atoms with Crippen LogP contribution in [-0.2, 0) is 18.3 Å². The van der Waals surface area contributed by atoms with Gasteiger partial charge in [0, 0.05) is 0 Å². The number of hydrogen-bond acceptors (Lipinski definition) is 2. The predicted octanol–water partition coefficient (Wildman–Crippen LogP) is 2.98. The van der Waals surface area contributed by atoms with Gasteiger partial charge < -0.3 is 22.0 Å². The highest BCUT2D eigenvalue weighted by Crippen LogP contribution is 2.27. The number of nitrogens with one attached hydrogen (secondary N) is 1. The minimum Gasteiger partial charge on any atom is -0.474 e. The molecule has 0 saturated heterocycles. The summed E-state index contributed by atoms with van der Waals surface area (Å²) in [7, 11) is -4.08. The lowest BCUT2D eigenvalue weighted by Gasteiger charge is -2.12. The Kier molecular flexibility index (Phi) is 7.68. The number of aryl methyl sites for hydroxylation is 1. The fraction of sp³-hybridized carbons (Fsp3) is 0.500. The molecule has 1 rings (SSSR count). The number of imidazole rings is 1. The molecule has 0 spiro atoms. The van der Waals surface area contributed by atoms with Gasteiger partial charge in [0.05, 0.1) is 7.05 Å². The van der Waals surface area contributed by atoms with Crippen LogP contribution in [0.2, 0.25) is 0 Å². The van der Waals surface area contributed by atoms with Crippen molar-refractivity contribution in [1.29, 1.82) is 5.41 Å². The Balaban J connectivity index is 0.000000621. The molecule has 0 saturated carbocycles. The molecule has 1 aromatic heterocycles. The first kappa shape index (κ1) is 19.3. The highest BCUT2D eigenvalue weighted by molar-refractivity contribution is 6.76. The first-order chi connectivity index (χ1) is 8.89. The smallest absolute Gasteiger partial charge is 0.474 e. The van der Waals surface area contributed by atoms with E-state index in [9.17, 15) is 17.3 Å². The average Bonchev–Trinajstić information content (AvgIpc) is 2.60. The maximum atomic E-state index is 9.75. The Labute approximate surface area is 127 Å². The van der Waals surface area contributed by atoms with Gasteiger partial charge in [-0.2, -0.15) is 0 Å². The molecule has 0 amide bonds. The van der Waals surface area contributed by atoms with Crippen molar-refractivity contribution < 1.29 is 26.6 Å². The predicted molar refractivity (Wildman–Crippen MR) is 69.8 cm³/mol. The highest BCUT2D eigenvalue weighted by Gasteiger charge is 2.28. The summed E-state index contributed by atoms with van der Waals surface area (Å²) in [5.74, 6) is -0.357. The third-order valence-electron chi connectivity index (χ3n) is 1.68. The molecule has 0 aliphatic rings. The largest absolute Gasteiger partial charge is 0.673 e.